The van der Waals surface area contributed by atoms with Crippen LogP contribution in [0, 0.1) is 0 Å². The number of hydrogen-bond acceptors (Lipinski definition) is 15. The van der Waals surface area contributed by atoms with E-state index in [4.69, 9.17) is 10.8 Å². The largest absolute Gasteiger partial charge is 0.480 e. The van der Waals surface area contributed by atoms with E-state index in [-0.39, 0.29) is 84.2 Å². The number of nitrogens with two attached hydrogens (primary N) is 1. The number of carbonyl (C=O) groups is 7. The lowest BCUT2D eigenvalue weighted by Crippen LogP contribution is -2.52. The van der Waals surface area contributed by atoms with Gasteiger partial charge in [-0.3, -0.25) is 59.1 Å². The minimum absolute atomic E-state index is 0.0365. The number of aliphatic carboxylic acids is 3. The molecule has 2 atom stereocenters. The number of amides is 4. The minimum atomic E-state index is -1.67. The van der Waals surface area contributed by atoms with Gasteiger partial charge in [0.05, 0.1) is 44.4 Å². The molecule has 1 aliphatic rings. The molecule has 2 rings (SSSR count). The summed E-state index contributed by atoms with van der Waals surface area (Å²) >= 11 is 0. The van der Waals surface area contributed by atoms with Gasteiger partial charge >= 0.3 is 25.0 Å². The van der Waals surface area contributed by atoms with E-state index in [1.165, 1.54) is 41.0 Å². The van der Waals surface area contributed by atoms with Crippen LogP contribution in [0.1, 0.15) is 30.1 Å². The van der Waals surface area contributed by atoms with Crippen molar-refractivity contribution in [2.24, 2.45) is 5.73 Å². The van der Waals surface area contributed by atoms with Crippen LogP contribution >= 0.6 is 0 Å². The summed E-state index contributed by atoms with van der Waals surface area (Å²) in [4.78, 5) is 89.4. The summed E-state index contributed by atoms with van der Waals surface area (Å²) in [6, 6.07) is 5.05. The fourth-order valence-corrected chi connectivity index (χ4v) is 5.45. The van der Waals surface area contributed by atoms with Crippen molar-refractivity contribution in [3.05, 3.63) is 29.8 Å². The zero-order valence-electron chi connectivity index (χ0n) is 30.1. The Morgan fingerprint density at radius 2 is 1.39 bits per heavy atom. The molecule has 0 unspecified atom stereocenters. The zero-order valence-corrected chi connectivity index (χ0v) is 30.1. The van der Waals surface area contributed by atoms with Crippen LogP contribution in [-0.2, 0) is 28.8 Å². The molecule has 0 spiro atoms. The van der Waals surface area contributed by atoms with Gasteiger partial charge in [0.2, 0.25) is 11.8 Å². The number of nitrogens with zero attached hydrogens (tertiary/aromatic N) is 4. The Morgan fingerprint density at radius 1 is 0.833 bits per heavy atom. The molecule has 0 aromatic heterocycles. The molecule has 0 bridgehead atoms. The van der Waals surface area contributed by atoms with Crippen molar-refractivity contribution in [2.75, 3.05) is 90.6 Å². The van der Waals surface area contributed by atoms with E-state index >= 15 is 0 Å². The third-order valence-electron chi connectivity index (χ3n) is 8.27. The maximum absolute atomic E-state index is 12.7. The van der Waals surface area contributed by atoms with Gasteiger partial charge in [-0.05, 0) is 44.0 Å². The van der Waals surface area contributed by atoms with Crippen molar-refractivity contribution in [3.8, 4) is 0 Å². The smallest absolute Gasteiger partial charge is 0.475 e. The second-order valence-electron chi connectivity index (χ2n) is 12.5. The molecule has 300 valence electrons. The predicted octanol–water partition coefficient (Wildman–Crippen LogP) is -4.97. The van der Waals surface area contributed by atoms with Crippen molar-refractivity contribution >= 4 is 54.3 Å². The molecule has 54 heavy (non-hydrogen) atoms. The Labute approximate surface area is 312 Å². The Morgan fingerprint density at radius 3 is 1.94 bits per heavy atom. The van der Waals surface area contributed by atoms with Crippen molar-refractivity contribution in [1.82, 2.24) is 41.0 Å². The fourth-order valence-electron chi connectivity index (χ4n) is 5.45. The van der Waals surface area contributed by atoms with Gasteiger partial charge in [-0.25, -0.2) is 0 Å². The third-order valence-corrected chi connectivity index (χ3v) is 8.27. The predicted molar refractivity (Wildman–Crippen MR) is 192 cm³/mol. The lowest BCUT2D eigenvalue weighted by atomic mass is 9.78. The Kier molecular flexibility index (Phi) is 19.9. The van der Waals surface area contributed by atoms with E-state index in [9.17, 15) is 53.8 Å². The van der Waals surface area contributed by atoms with E-state index in [0.29, 0.717) is 25.1 Å². The summed E-state index contributed by atoms with van der Waals surface area (Å²) in [7, 11) is -1.67. The van der Waals surface area contributed by atoms with Crippen molar-refractivity contribution in [1.29, 1.82) is 0 Å². The molecule has 0 radical (unpaired) electrons. The quantitative estimate of drug-likeness (QED) is 0.0182. The molecular formula is C31H51BN10O12. The number of hydrazine groups is 1. The van der Waals surface area contributed by atoms with Crippen LogP contribution in [0.25, 0.3) is 0 Å². The molecule has 1 aromatic carbocycles. The first-order chi connectivity index (χ1) is 25.6. The summed E-state index contributed by atoms with van der Waals surface area (Å²) in [5.74, 6) is -6.05. The average molecular weight is 767 g/mol. The molecule has 1 aliphatic heterocycles. The third kappa shape index (κ3) is 17.3. The zero-order chi connectivity index (χ0) is 40.2. The van der Waals surface area contributed by atoms with Crippen LogP contribution in [0.5, 0.6) is 0 Å². The molecule has 1 fully saturated rings. The monoisotopic (exact) mass is 766 g/mol. The minimum Gasteiger partial charge on any atom is -0.480 e. The van der Waals surface area contributed by atoms with Gasteiger partial charge in [-0.1, -0.05) is 0 Å². The van der Waals surface area contributed by atoms with Crippen LogP contribution < -0.4 is 32.5 Å². The highest BCUT2D eigenvalue weighted by Crippen LogP contribution is 2.19. The van der Waals surface area contributed by atoms with Crippen molar-refractivity contribution in [2.45, 2.75) is 31.7 Å². The number of carbonyl (C=O) groups excluding carboxylic acids is 4. The van der Waals surface area contributed by atoms with E-state index in [1.807, 2.05) is 0 Å². The first-order valence-corrected chi connectivity index (χ1v) is 17.2. The Hall–Kier alpha value is -4.91. The van der Waals surface area contributed by atoms with E-state index in [1.54, 1.807) is 9.80 Å². The summed E-state index contributed by atoms with van der Waals surface area (Å²) < 4.78 is 0. The van der Waals surface area contributed by atoms with Gasteiger partial charge in [0, 0.05) is 58.0 Å². The molecule has 4 amide bonds. The van der Waals surface area contributed by atoms with Gasteiger partial charge in [0.15, 0.2) is 0 Å². The Bertz CT molecular complexity index is 1420. The highest BCUT2D eigenvalue weighted by atomic mass is 16.4. The van der Waals surface area contributed by atoms with Gasteiger partial charge < -0.3 is 52.0 Å². The summed E-state index contributed by atoms with van der Waals surface area (Å²) in [6.07, 6.45) is 1.08. The molecule has 1 saturated heterocycles. The highest BCUT2D eigenvalue weighted by Gasteiger charge is 2.38. The maximum atomic E-state index is 12.7. The summed E-state index contributed by atoms with van der Waals surface area (Å²) in [6.45, 7) is 1.42. The number of nitrogens with one attached hydrogen (secondary N) is 5. The molecule has 1 heterocycles. The number of hydrogen-bond donors (Lipinski definition) is 11. The Balaban J connectivity index is 1.71. The first-order valence-electron chi connectivity index (χ1n) is 17.2. The molecule has 0 saturated carbocycles. The van der Waals surface area contributed by atoms with Gasteiger partial charge in [0.1, 0.15) is 6.04 Å². The number of likely N-dealkylation sites (tertiary alicyclic amines) is 1. The second kappa shape index (κ2) is 23.7. The molecule has 0 aliphatic carbocycles. The number of benzene rings is 1. The number of carboxylic acid groups (broad SMARTS) is 3. The molecule has 1 aromatic rings. The maximum Gasteiger partial charge on any atom is 0.475 e. The molecule has 23 heteroatoms. The molecule has 12 N–H and O–H groups in total. The van der Waals surface area contributed by atoms with Crippen LogP contribution in [0.3, 0.4) is 0 Å². The lowest BCUT2D eigenvalue weighted by molar-refractivity contribution is -0.140. The standard InChI is InChI=1S/C31H51BN10O12/c1-21(31(52)42-9-2-3-24(42)32(53)54)36-30(51)22-4-6-23(7-5-22)37-38-26(44)16-35-25(43)15-34-8-10-39(17-27(45)46)11-12-40(18-28(47)48)13-14-41(20-33)19-29(49)50/h4-7,21,24,34,37,53-54H,2-3,8-20,33H2,1H3,(H,35,43)(H,36,51)(H,38,44)(H,45,46)(H,47,48)(H,49,50)/t21-,24+/m1/s1. The molecule has 22 nitrogen and oxygen atoms in total. The van der Waals surface area contributed by atoms with Crippen LogP contribution in [0.4, 0.5) is 5.69 Å². The van der Waals surface area contributed by atoms with E-state index < -0.39 is 60.6 Å². The van der Waals surface area contributed by atoms with Crippen LogP contribution in [-0.4, -0.2) is 191 Å². The number of carboxylic acids is 3. The van der Waals surface area contributed by atoms with Gasteiger partial charge in [-0.15, -0.1) is 0 Å². The number of anilines is 1. The van der Waals surface area contributed by atoms with Crippen LogP contribution in [0.15, 0.2) is 24.3 Å². The van der Waals surface area contributed by atoms with E-state index in [0.717, 1.165) is 0 Å². The number of rotatable bonds is 26. The first kappa shape index (κ1) is 45.3. The van der Waals surface area contributed by atoms with E-state index in [2.05, 4.69) is 26.8 Å². The lowest BCUT2D eigenvalue weighted by Gasteiger charge is -2.27. The van der Waals surface area contributed by atoms with Crippen molar-refractivity contribution < 1.29 is 58.9 Å². The average Bonchev–Trinajstić information content (AvgIpc) is 3.62. The summed E-state index contributed by atoms with van der Waals surface area (Å²) in [5.41, 5.74) is 11.3. The second-order valence-corrected chi connectivity index (χ2v) is 12.5. The van der Waals surface area contributed by atoms with Gasteiger partial charge in [0.25, 0.3) is 11.8 Å². The fraction of sp³-hybridized carbons (Fsp3) is 0.581. The molecular weight excluding hydrogens is 715 g/mol. The highest BCUT2D eigenvalue weighted by molar-refractivity contribution is 6.43. The summed E-state index contributed by atoms with van der Waals surface area (Å²) in [5, 5.41) is 54.4. The SMILES string of the molecule is C[C@@H](NC(=O)c1ccc(NNC(=O)CNC(=O)CNCCN(CCN(CCN(CN)CC(=O)O)CC(=O)O)CC(=O)O)cc1)C(=O)N1CCC[C@H]1B(O)O. The normalized spacial score (nSPS) is 14.5. The van der Waals surface area contributed by atoms with Crippen LogP contribution in [0.2, 0.25) is 0 Å². The van der Waals surface area contributed by atoms with Crippen molar-refractivity contribution in [3.63, 3.8) is 0 Å². The topological polar surface area (TPSA) is 320 Å². The van der Waals surface area contributed by atoms with Gasteiger partial charge in [-0.2, -0.15) is 0 Å².